The number of ether oxygens (including phenoxy) is 1. The Balaban J connectivity index is 1.63. The Labute approximate surface area is 216 Å². The van der Waals surface area contributed by atoms with Crippen molar-refractivity contribution in [2.24, 2.45) is 17.8 Å². The molecule has 2 saturated carbocycles. The maximum Gasteiger partial charge on any atom is 0.247 e. The number of carbonyl (C=O) groups excluding carboxylic acids is 1. The van der Waals surface area contributed by atoms with E-state index in [1.165, 1.54) is 30.0 Å². The van der Waals surface area contributed by atoms with E-state index < -0.39 is 22.2 Å². The standard InChI is InChI=1S/C28H40N2O5S/c1-20-17-30(21(2)19-31)36(33,34)27-14-13-23(10-6-9-22-7-4-5-8-22)15-25(27)35-26(20)18-29(3)28(32)16-24-11-12-24/h13-15,20-22,24,26,31H,4-5,7-9,11-12,16-19H2,1-3H3/t20-,21+,26+/m0/s1. The highest BCUT2D eigenvalue weighted by atomic mass is 32.2. The highest BCUT2D eigenvalue weighted by molar-refractivity contribution is 7.89. The van der Waals surface area contributed by atoms with Gasteiger partial charge in [-0.1, -0.05) is 31.6 Å². The fourth-order valence-electron chi connectivity index (χ4n) is 5.13. The molecule has 2 aliphatic carbocycles. The van der Waals surface area contributed by atoms with Crippen LogP contribution < -0.4 is 4.74 Å². The van der Waals surface area contributed by atoms with Crippen molar-refractivity contribution in [3.05, 3.63) is 23.8 Å². The second-order valence-corrected chi connectivity index (χ2v) is 12.8. The van der Waals surface area contributed by atoms with E-state index in [-0.39, 0.29) is 35.6 Å². The third-order valence-corrected chi connectivity index (χ3v) is 9.82. The van der Waals surface area contributed by atoms with Crippen LogP contribution in [0.15, 0.2) is 23.1 Å². The molecule has 36 heavy (non-hydrogen) atoms. The molecule has 198 valence electrons. The molecule has 2 fully saturated rings. The van der Waals surface area contributed by atoms with Crippen LogP contribution in [0.3, 0.4) is 0 Å². The van der Waals surface area contributed by atoms with Crippen LogP contribution in [-0.4, -0.2) is 67.5 Å². The zero-order valence-corrected chi connectivity index (χ0v) is 22.6. The first-order chi connectivity index (χ1) is 17.2. The second kappa shape index (κ2) is 11.5. The summed E-state index contributed by atoms with van der Waals surface area (Å²) in [6.07, 6.45) is 8.23. The van der Waals surface area contributed by atoms with Crippen molar-refractivity contribution in [1.29, 1.82) is 0 Å². The third kappa shape index (κ3) is 6.42. The van der Waals surface area contributed by atoms with Gasteiger partial charge in [0.1, 0.15) is 16.7 Å². The Hall–Kier alpha value is -2.08. The van der Waals surface area contributed by atoms with E-state index >= 15 is 0 Å². The van der Waals surface area contributed by atoms with Crippen molar-refractivity contribution in [3.8, 4) is 17.6 Å². The number of hydrogen-bond donors (Lipinski definition) is 1. The van der Waals surface area contributed by atoms with Gasteiger partial charge in [-0.25, -0.2) is 8.42 Å². The van der Waals surface area contributed by atoms with Crippen LogP contribution in [0, 0.1) is 29.6 Å². The maximum absolute atomic E-state index is 13.6. The summed E-state index contributed by atoms with van der Waals surface area (Å²) < 4.78 is 35.0. The smallest absolute Gasteiger partial charge is 0.247 e. The predicted molar refractivity (Wildman–Crippen MR) is 139 cm³/mol. The summed E-state index contributed by atoms with van der Waals surface area (Å²) >= 11 is 0. The SMILES string of the molecule is C[C@H](CO)N1C[C@H](C)[C@@H](CN(C)C(=O)CC2CC2)Oc2cc(C#CCC3CCCC3)ccc2S1(=O)=O. The topological polar surface area (TPSA) is 87.2 Å². The Morgan fingerprint density at radius 2 is 1.94 bits per heavy atom. The lowest BCUT2D eigenvalue weighted by Gasteiger charge is -2.37. The summed E-state index contributed by atoms with van der Waals surface area (Å²) in [7, 11) is -2.11. The third-order valence-electron chi connectivity index (χ3n) is 7.81. The Morgan fingerprint density at radius 3 is 2.61 bits per heavy atom. The lowest BCUT2D eigenvalue weighted by Crippen LogP contribution is -2.50. The van der Waals surface area contributed by atoms with Crippen LogP contribution >= 0.6 is 0 Å². The first-order valence-electron chi connectivity index (χ1n) is 13.3. The highest BCUT2D eigenvalue weighted by Crippen LogP contribution is 2.35. The van der Waals surface area contributed by atoms with E-state index in [1.54, 1.807) is 37.1 Å². The van der Waals surface area contributed by atoms with E-state index in [1.807, 2.05) is 6.92 Å². The molecule has 3 atom stereocenters. The van der Waals surface area contributed by atoms with E-state index in [0.717, 1.165) is 19.3 Å². The van der Waals surface area contributed by atoms with Crippen molar-refractivity contribution in [3.63, 3.8) is 0 Å². The summed E-state index contributed by atoms with van der Waals surface area (Å²) in [6, 6.07) is 4.43. The number of nitrogens with zero attached hydrogens (tertiary/aromatic N) is 2. The Bertz CT molecular complexity index is 1100. The van der Waals surface area contributed by atoms with Crippen molar-refractivity contribution < 1.29 is 23.1 Å². The molecule has 0 unspecified atom stereocenters. The molecule has 0 spiro atoms. The van der Waals surface area contributed by atoms with Gasteiger partial charge in [-0.15, -0.1) is 0 Å². The predicted octanol–water partition coefficient (Wildman–Crippen LogP) is 3.65. The molecule has 0 saturated heterocycles. The van der Waals surface area contributed by atoms with E-state index in [9.17, 15) is 18.3 Å². The Kier molecular flexibility index (Phi) is 8.64. The minimum Gasteiger partial charge on any atom is -0.487 e. The minimum absolute atomic E-state index is 0.0769. The molecule has 0 bridgehead atoms. The fraction of sp³-hybridized carbons (Fsp3) is 0.679. The largest absolute Gasteiger partial charge is 0.487 e. The number of hydrogen-bond acceptors (Lipinski definition) is 5. The second-order valence-electron chi connectivity index (χ2n) is 11.0. The van der Waals surface area contributed by atoms with Crippen LogP contribution in [0.2, 0.25) is 0 Å². The van der Waals surface area contributed by atoms with Crippen LogP contribution in [0.4, 0.5) is 0 Å². The number of sulfonamides is 1. The first kappa shape index (κ1) is 27.0. The van der Waals surface area contributed by atoms with E-state index in [2.05, 4.69) is 11.8 Å². The quantitative estimate of drug-likeness (QED) is 0.559. The molecular weight excluding hydrogens is 476 g/mol. The van der Waals surface area contributed by atoms with Gasteiger partial charge in [-0.3, -0.25) is 4.79 Å². The molecular formula is C28H40N2O5S. The minimum atomic E-state index is -3.89. The first-order valence-corrected chi connectivity index (χ1v) is 14.8. The molecule has 7 nitrogen and oxygen atoms in total. The molecule has 1 N–H and O–H groups in total. The number of aliphatic hydroxyl groups excluding tert-OH is 1. The molecule has 3 aliphatic rings. The van der Waals surface area contributed by atoms with E-state index in [0.29, 0.717) is 30.4 Å². The van der Waals surface area contributed by atoms with Crippen molar-refractivity contribution in [2.45, 2.75) is 82.3 Å². The number of likely N-dealkylation sites (N-methyl/N-ethyl adjacent to an activating group) is 1. The number of fused-ring (bicyclic) bond motifs is 1. The van der Waals surface area contributed by atoms with Gasteiger partial charge in [0.2, 0.25) is 15.9 Å². The van der Waals surface area contributed by atoms with Gasteiger partial charge < -0.3 is 14.7 Å². The summed E-state index contributed by atoms with van der Waals surface area (Å²) in [4.78, 5) is 14.5. The van der Waals surface area contributed by atoms with Gasteiger partial charge in [0.25, 0.3) is 0 Å². The lowest BCUT2D eigenvalue weighted by molar-refractivity contribution is -0.131. The number of carbonyl (C=O) groups is 1. The van der Waals surface area contributed by atoms with Gasteiger partial charge >= 0.3 is 0 Å². The monoisotopic (exact) mass is 516 g/mol. The van der Waals surface area contributed by atoms with Gasteiger partial charge in [0.15, 0.2) is 0 Å². The normalized spacial score (nSPS) is 25.0. The number of rotatable bonds is 7. The number of benzene rings is 1. The number of aliphatic hydroxyl groups is 1. The maximum atomic E-state index is 13.6. The van der Waals surface area contributed by atoms with Crippen LogP contribution in [0.25, 0.3) is 0 Å². The van der Waals surface area contributed by atoms with Crippen molar-refractivity contribution >= 4 is 15.9 Å². The summed E-state index contributed by atoms with van der Waals surface area (Å²) in [5.41, 5.74) is 0.717. The van der Waals surface area contributed by atoms with Gasteiger partial charge in [-0.2, -0.15) is 4.31 Å². The summed E-state index contributed by atoms with van der Waals surface area (Å²) in [5.74, 6) is 7.78. The van der Waals surface area contributed by atoms with Gasteiger partial charge in [0, 0.05) is 44.0 Å². The molecule has 8 heteroatoms. The van der Waals surface area contributed by atoms with Gasteiger partial charge in [0.05, 0.1) is 13.2 Å². The van der Waals surface area contributed by atoms with Crippen LogP contribution in [-0.2, 0) is 14.8 Å². The average Bonchev–Trinajstić information content (AvgIpc) is 3.51. The zero-order valence-electron chi connectivity index (χ0n) is 21.8. The summed E-state index contributed by atoms with van der Waals surface area (Å²) in [5, 5.41) is 9.81. The molecule has 4 rings (SSSR count). The average molecular weight is 517 g/mol. The molecule has 1 aliphatic heterocycles. The molecule has 0 aromatic heterocycles. The molecule has 1 aromatic rings. The van der Waals surface area contributed by atoms with Crippen LogP contribution in [0.5, 0.6) is 5.75 Å². The lowest BCUT2D eigenvalue weighted by atomic mass is 10.0. The van der Waals surface area contributed by atoms with Crippen molar-refractivity contribution in [1.82, 2.24) is 9.21 Å². The van der Waals surface area contributed by atoms with Crippen LogP contribution in [0.1, 0.15) is 70.8 Å². The van der Waals surface area contributed by atoms with Crippen molar-refractivity contribution in [2.75, 3.05) is 26.7 Å². The molecule has 1 amide bonds. The number of amides is 1. The molecule has 1 aromatic carbocycles. The van der Waals surface area contributed by atoms with Gasteiger partial charge in [-0.05, 0) is 62.6 Å². The molecule has 1 heterocycles. The highest BCUT2D eigenvalue weighted by Gasteiger charge is 2.38. The zero-order chi connectivity index (χ0) is 25.9. The van der Waals surface area contributed by atoms with E-state index in [4.69, 9.17) is 4.74 Å². The Morgan fingerprint density at radius 1 is 1.22 bits per heavy atom. The fourth-order valence-corrected chi connectivity index (χ4v) is 6.96. The summed E-state index contributed by atoms with van der Waals surface area (Å²) in [6.45, 7) is 3.92. The molecule has 0 radical (unpaired) electrons.